The number of carbonyl (C=O) groups is 2. The highest BCUT2D eigenvalue weighted by Crippen LogP contribution is 2.37. The Hall–Kier alpha value is -2.60. The molecule has 0 amide bonds. The molecule has 0 aliphatic heterocycles. The summed E-state index contributed by atoms with van der Waals surface area (Å²) in [5.74, 6) is -2.12. The molecule has 0 radical (unpaired) electrons. The third-order valence-electron chi connectivity index (χ3n) is 4.77. The van der Waals surface area contributed by atoms with E-state index in [9.17, 15) is 19.8 Å². The number of carboxylic acid groups (broad SMARTS) is 1. The number of nitrogens with zero attached hydrogens (tertiary/aromatic N) is 1. The fourth-order valence-corrected chi connectivity index (χ4v) is 3.81. The van der Waals surface area contributed by atoms with Gasteiger partial charge in [-0.3, -0.25) is 14.2 Å². The number of halogens is 1. The van der Waals surface area contributed by atoms with Crippen molar-refractivity contribution in [3.63, 3.8) is 0 Å². The predicted molar refractivity (Wildman–Crippen MR) is 107 cm³/mol. The molecule has 0 fully saturated rings. The molecule has 5 nitrogen and oxygen atoms in total. The van der Waals surface area contributed by atoms with E-state index in [0.29, 0.717) is 27.7 Å². The number of hydrogen-bond donors (Lipinski definition) is 2. The molecule has 0 aliphatic carbocycles. The Morgan fingerprint density at radius 1 is 1.07 bits per heavy atom. The van der Waals surface area contributed by atoms with Gasteiger partial charge < -0.3 is 10.2 Å². The van der Waals surface area contributed by atoms with Gasteiger partial charge in [0.05, 0.1) is 11.4 Å². The number of aromatic nitrogens is 1. The highest BCUT2D eigenvalue weighted by molar-refractivity contribution is 9.10. The summed E-state index contributed by atoms with van der Waals surface area (Å²) in [4.78, 5) is 25.1. The average molecular weight is 430 g/mol. The molecule has 3 aromatic rings. The van der Waals surface area contributed by atoms with Crippen molar-refractivity contribution in [2.45, 2.75) is 26.7 Å². The minimum absolute atomic E-state index is 0.0323. The number of hydrogen-bond acceptors (Lipinski definition) is 3. The number of aliphatic carboxylic acids is 1. The molecule has 0 aliphatic rings. The van der Waals surface area contributed by atoms with E-state index in [2.05, 4.69) is 15.9 Å². The van der Waals surface area contributed by atoms with Gasteiger partial charge in [0.25, 0.3) is 5.91 Å². The van der Waals surface area contributed by atoms with Crippen LogP contribution in [0.3, 0.4) is 0 Å². The van der Waals surface area contributed by atoms with Gasteiger partial charge in [0.15, 0.2) is 0 Å². The molecular formula is C21H20BrNO4. The van der Waals surface area contributed by atoms with Crippen molar-refractivity contribution in [2.24, 2.45) is 5.92 Å². The van der Waals surface area contributed by atoms with Gasteiger partial charge in [0.1, 0.15) is 5.75 Å². The quantitative estimate of drug-likeness (QED) is 0.615. The van der Waals surface area contributed by atoms with E-state index in [4.69, 9.17) is 0 Å². The van der Waals surface area contributed by atoms with Gasteiger partial charge in [-0.25, -0.2) is 0 Å². The number of phenolic OH excluding ortho intramolecular Hbond substituents is 1. The van der Waals surface area contributed by atoms with E-state index in [1.165, 1.54) is 16.7 Å². The zero-order valence-corrected chi connectivity index (χ0v) is 16.8. The smallest absolute Gasteiger partial charge is 0.311 e. The first-order valence-corrected chi connectivity index (χ1v) is 9.38. The first-order chi connectivity index (χ1) is 12.7. The van der Waals surface area contributed by atoms with Gasteiger partial charge in [-0.2, -0.15) is 0 Å². The van der Waals surface area contributed by atoms with Crippen LogP contribution in [0.2, 0.25) is 0 Å². The summed E-state index contributed by atoms with van der Waals surface area (Å²) >= 11 is 3.36. The molecule has 3 rings (SSSR count). The van der Waals surface area contributed by atoms with Crippen LogP contribution in [0.25, 0.3) is 10.9 Å². The Balaban J connectivity index is 2.31. The average Bonchev–Trinajstić information content (AvgIpc) is 2.86. The highest BCUT2D eigenvalue weighted by Gasteiger charge is 2.31. The van der Waals surface area contributed by atoms with Crippen LogP contribution >= 0.6 is 15.9 Å². The van der Waals surface area contributed by atoms with E-state index < -0.39 is 11.9 Å². The van der Waals surface area contributed by atoms with Crippen LogP contribution < -0.4 is 0 Å². The van der Waals surface area contributed by atoms with Gasteiger partial charge in [-0.1, -0.05) is 29.8 Å². The maximum Gasteiger partial charge on any atom is 0.311 e. The molecule has 140 valence electrons. The summed E-state index contributed by atoms with van der Waals surface area (Å²) < 4.78 is 2.40. The number of aromatic hydroxyl groups is 1. The van der Waals surface area contributed by atoms with Gasteiger partial charge in [0.2, 0.25) is 0 Å². The lowest BCUT2D eigenvalue weighted by molar-refractivity contribution is -0.139. The Labute approximate surface area is 165 Å². The van der Waals surface area contributed by atoms with Crippen LogP contribution in [0.1, 0.15) is 41.4 Å². The third-order valence-corrected chi connectivity index (χ3v) is 5.30. The molecule has 1 atom stereocenters. The Morgan fingerprint density at radius 2 is 1.70 bits per heavy atom. The molecule has 0 bridgehead atoms. The second-order valence-corrected chi connectivity index (χ2v) is 7.82. The van der Waals surface area contributed by atoms with Gasteiger partial charge in [-0.15, -0.1) is 0 Å². The van der Waals surface area contributed by atoms with Crippen molar-refractivity contribution in [2.75, 3.05) is 0 Å². The van der Waals surface area contributed by atoms with Crippen molar-refractivity contribution in [1.82, 2.24) is 4.57 Å². The molecule has 27 heavy (non-hydrogen) atoms. The number of carboxylic acids is 1. The number of rotatable bonds is 4. The van der Waals surface area contributed by atoms with Gasteiger partial charge >= 0.3 is 5.97 Å². The van der Waals surface area contributed by atoms with Crippen LogP contribution in [-0.4, -0.2) is 26.7 Å². The van der Waals surface area contributed by atoms with Gasteiger partial charge in [0, 0.05) is 21.1 Å². The van der Waals surface area contributed by atoms with Crippen molar-refractivity contribution in [1.29, 1.82) is 0 Å². The number of fused-ring (bicyclic) bond motifs is 1. The van der Waals surface area contributed by atoms with Gasteiger partial charge in [-0.05, 0) is 60.9 Å². The molecule has 2 aromatic carbocycles. The molecule has 1 heterocycles. The molecule has 1 aromatic heterocycles. The van der Waals surface area contributed by atoms with E-state index >= 15 is 0 Å². The van der Waals surface area contributed by atoms with Crippen LogP contribution in [0, 0.1) is 12.8 Å². The van der Waals surface area contributed by atoms with Crippen molar-refractivity contribution >= 4 is 38.7 Å². The molecular weight excluding hydrogens is 410 g/mol. The van der Waals surface area contributed by atoms with Crippen LogP contribution in [-0.2, 0) is 4.79 Å². The summed E-state index contributed by atoms with van der Waals surface area (Å²) in [7, 11) is 0. The largest absolute Gasteiger partial charge is 0.508 e. The fraction of sp³-hybridized carbons (Fsp3) is 0.238. The fourth-order valence-electron chi connectivity index (χ4n) is 3.55. The van der Waals surface area contributed by atoms with Crippen LogP contribution in [0.15, 0.2) is 46.9 Å². The summed E-state index contributed by atoms with van der Waals surface area (Å²) in [6, 6.07) is 11.7. The minimum Gasteiger partial charge on any atom is -0.508 e. The van der Waals surface area contributed by atoms with E-state index in [1.54, 1.807) is 37.3 Å². The van der Waals surface area contributed by atoms with Crippen molar-refractivity contribution < 1.29 is 19.8 Å². The van der Waals surface area contributed by atoms with Crippen molar-refractivity contribution in [3.8, 4) is 5.75 Å². The zero-order chi connectivity index (χ0) is 19.9. The topological polar surface area (TPSA) is 79.5 Å². The van der Waals surface area contributed by atoms with E-state index in [1.807, 2.05) is 13.8 Å². The first kappa shape index (κ1) is 19.2. The predicted octanol–water partition coefficient (Wildman–Crippen LogP) is 4.93. The molecule has 2 N–H and O–H groups in total. The monoisotopic (exact) mass is 429 g/mol. The third kappa shape index (κ3) is 3.37. The SMILES string of the molecule is Cc1c(C(C(=O)O)C(C)C)c2cc(O)ccc2n1C(=O)c1ccc(Br)cc1. The molecule has 6 heteroatoms. The maximum absolute atomic E-state index is 13.2. The second-order valence-electron chi connectivity index (χ2n) is 6.91. The van der Waals surface area contributed by atoms with Crippen LogP contribution in [0.4, 0.5) is 0 Å². The number of carbonyl (C=O) groups excluding carboxylic acids is 1. The Bertz CT molecular complexity index is 1030. The standard InChI is InChI=1S/C21H20BrNO4/c1-11(2)18(21(26)27)19-12(3)23(17-9-8-15(24)10-16(17)19)20(25)13-4-6-14(22)7-5-13/h4-11,18,24H,1-3H3,(H,26,27). The highest BCUT2D eigenvalue weighted by atomic mass is 79.9. The number of phenols is 1. The van der Waals surface area contributed by atoms with Crippen LogP contribution in [0.5, 0.6) is 5.75 Å². The first-order valence-electron chi connectivity index (χ1n) is 8.59. The lowest BCUT2D eigenvalue weighted by atomic mass is 9.86. The summed E-state index contributed by atoms with van der Waals surface area (Å²) in [6.07, 6.45) is 0. The molecule has 0 saturated heterocycles. The summed E-state index contributed by atoms with van der Waals surface area (Å²) in [5, 5.41) is 20.3. The minimum atomic E-state index is -0.952. The lowest BCUT2D eigenvalue weighted by Crippen LogP contribution is -2.19. The summed E-state index contributed by atoms with van der Waals surface area (Å²) in [5.41, 5.74) is 2.22. The maximum atomic E-state index is 13.2. The summed E-state index contributed by atoms with van der Waals surface area (Å²) in [6.45, 7) is 5.42. The normalized spacial score (nSPS) is 12.5. The molecule has 0 saturated carbocycles. The zero-order valence-electron chi connectivity index (χ0n) is 15.2. The van der Waals surface area contributed by atoms with E-state index in [-0.39, 0.29) is 17.6 Å². The second kappa shape index (κ2) is 7.19. The Morgan fingerprint density at radius 3 is 2.26 bits per heavy atom. The lowest BCUT2D eigenvalue weighted by Gasteiger charge is -2.17. The molecule has 0 spiro atoms. The molecule has 1 unspecified atom stereocenters. The number of benzene rings is 2. The van der Waals surface area contributed by atoms with E-state index in [0.717, 1.165) is 4.47 Å². The van der Waals surface area contributed by atoms with Crippen molar-refractivity contribution in [3.05, 3.63) is 63.8 Å². The Kier molecular flexibility index (Phi) is 5.11.